The summed E-state index contributed by atoms with van der Waals surface area (Å²) in [5, 5.41) is 0. The zero-order valence-corrected chi connectivity index (χ0v) is 8.28. The molecule has 0 nitrogen and oxygen atoms in total. The molecule has 0 unspecified atom stereocenters. The molecule has 66 valence electrons. The minimum absolute atomic E-state index is 0.868. The van der Waals surface area contributed by atoms with Crippen molar-refractivity contribution in [2.24, 2.45) is 23.7 Å². The maximum atomic E-state index is 2.31. The average Bonchev–Trinajstić information content (AvgIpc) is 2.79. The van der Waals surface area contributed by atoms with E-state index in [2.05, 4.69) is 11.8 Å². The van der Waals surface area contributed by atoms with Gasteiger partial charge in [0.25, 0.3) is 0 Å². The van der Waals surface area contributed by atoms with Gasteiger partial charge in [0.15, 0.2) is 0 Å². The summed E-state index contributed by atoms with van der Waals surface area (Å²) in [6, 6.07) is 0. The Morgan fingerprint density at radius 3 is 1.75 bits per heavy atom. The number of hydrogen-bond acceptors (Lipinski definition) is 1. The van der Waals surface area contributed by atoms with Crippen LogP contribution < -0.4 is 0 Å². The Morgan fingerprint density at radius 2 is 1.33 bits per heavy atom. The number of rotatable bonds is 0. The van der Waals surface area contributed by atoms with E-state index >= 15 is 0 Å². The van der Waals surface area contributed by atoms with Crippen LogP contribution in [0, 0.1) is 23.7 Å². The third-order valence-electron chi connectivity index (χ3n) is 5.00. The van der Waals surface area contributed by atoms with Crippen molar-refractivity contribution >= 4 is 11.8 Å². The van der Waals surface area contributed by atoms with E-state index in [1.165, 1.54) is 29.4 Å². The van der Waals surface area contributed by atoms with Gasteiger partial charge in [0.05, 0.1) is 0 Å². The first kappa shape index (κ1) is 6.75. The molecule has 5 fully saturated rings. The van der Waals surface area contributed by atoms with Gasteiger partial charge >= 0.3 is 0 Å². The molecule has 0 atom stereocenters. The summed E-state index contributed by atoms with van der Waals surface area (Å²) in [6.07, 6.45) is 8.05. The highest BCUT2D eigenvalue weighted by atomic mass is 32.2. The van der Waals surface area contributed by atoms with Crippen molar-refractivity contribution in [2.75, 3.05) is 5.75 Å². The van der Waals surface area contributed by atoms with E-state index in [0.29, 0.717) is 0 Å². The van der Waals surface area contributed by atoms with Crippen molar-refractivity contribution < 1.29 is 0 Å². The van der Waals surface area contributed by atoms with Crippen LogP contribution in [0.3, 0.4) is 0 Å². The third-order valence-corrected chi connectivity index (χ3v) is 6.62. The van der Waals surface area contributed by atoms with Crippen molar-refractivity contribution in [3.63, 3.8) is 0 Å². The van der Waals surface area contributed by atoms with Crippen LogP contribution in [-0.4, -0.2) is 10.5 Å². The Labute approximate surface area is 78.5 Å². The maximum absolute atomic E-state index is 2.31. The SMILES string of the molecule is C1C2CC3CC1CC(C2)C31CS1. The lowest BCUT2D eigenvalue weighted by atomic mass is 9.52. The molecule has 0 aromatic heterocycles. The quantitative estimate of drug-likeness (QED) is 0.516. The monoisotopic (exact) mass is 180 g/mol. The lowest BCUT2D eigenvalue weighted by molar-refractivity contribution is 0.00258. The van der Waals surface area contributed by atoms with Crippen LogP contribution in [0.2, 0.25) is 0 Å². The molecule has 0 N–H and O–H groups in total. The summed E-state index contributed by atoms with van der Waals surface area (Å²) >= 11 is 2.31. The van der Waals surface area contributed by atoms with E-state index < -0.39 is 0 Å². The molecule has 1 heterocycles. The van der Waals surface area contributed by atoms with Crippen molar-refractivity contribution in [1.29, 1.82) is 0 Å². The lowest BCUT2D eigenvalue weighted by Gasteiger charge is -2.54. The molecule has 0 aromatic rings. The molecule has 1 saturated heterocycles. The summed E-state index contributed by atoms with van der Waals surface area (Å²) in [6.45, 7) is 0. The van der Waals surface area contributed by atoms with Crippen LogP contribution in [0.4, 0.5) is 0 Å². The van der Waals surface area contributed by atoms with Crippen LogP contribution in [0.5, 0.6) is 0 Å². The minimum Gasteiger partial charge on any atom is -0.152 e. The zero-order valence-electron chi connectivity index (χ0n) is 7.46. The fraction of sp³-hybridized carbons (Fsp3) is 1.00. The van der Waals surface area contributed by atoms with Gasteiger partial charge in [0.1, 0.15) is 0 Å². The molecule has 4 aliphatic carbocycles. The Hall–Kier alpha value is 0.350. The Kier molecular flexibility index (Phi) is 1.06. The second-order valence-corrected chi connectivity index (χ2v) is 6.89. The predicted molar refractivity (Wildman–Crippen MR) is 52.2 cm³/mol. The summed E-state index contributed by atoms with van der Waals surface area (Å²) in [5.74, 6) is 6.19. The van der Waals surface area contributed by atoms with Crippen LogP contribution in [0.15, 0.2) is 0 Å². The molecule has 5 aliphatic rings. The minimum atomic E-state index is 0.868. The van der Waals surface area contributed by atoms with Gasteiger partial charge in [0.2, 0.25) is 0 Å². The summed E-state index contributed by atoms with van der Waals surface area (Å²) in [4.78, 5) is 0. The first-order chi connectivity index (χ1) is 5.87. The molecule has 12 heavy (non-hydrogen) atoms. The molecule has 4 bridgehead atoms. The molecule has 4 saturated carbocycles. The number of thioether (sulfide) groups is 1. The summed E-state index contributed by atoms with van der Waals surface area (Å²) in [5.41, 5.74) is 0. The van der Waals surface area contributed by atoms with Crippen molar-refractivity contribution in [1.82, 2.24) is 0 Å². The smallest absolute Gasteiger partial charge is 0.0307 e. The summed E-state index contributed by atoms with van der Waals surface area (Å²) < 4.78 is 0.868. The Bertz CT molecular complexity index is 199. The lowest BCUT2D eigenvalue weighted by Crippen LogP contribution is -2.49. The van der Waals surface area contributed by atoms with Gasteiger partial charge in [-0.1, -0.05) is 0 Å². The highest BCUT2D eigenvalue weighted by molar-refractivity contribution is 8.07. The van der Waals surface area contributed by atoms with E-state index in [-0.39, 0.29) is 0 Å². The van der Waals surface area contributed by atoms with Gasteiger partial charge < -0.3 is 0 Å². The fourth-order valence-corrected chi connectivity index (χ4v) is 6.03. The standard InChI is InChI=1S/C11H16S/c1-7-2-9-4-8(1)5-10(3-7)11(9)6-12-11/h7-10H,1-6H2. The van der Waals surface area contributed by atoms with Crippen LogP contribution in [-0.2, 0) is 0 Å². The van der Waals surface area contributed by atoms with Crippen molar-refractivity contribution in [3.05, 3.63) is 0 Å². The molecular weight excluding hydrogens is 164 g/mol. The van der Waals surface area contributed by atoms with E-state index in [0.717, 1.165) is 4.75 Å². The normalized spacial score (nSPS) is 66.0. The highest BCUT2D eigenvalue weighted by Gasteiger charge is 2.63. The summed E-state index contributed by atoms with van der Waals surface area (Å²) in [7, 11) is 0. The van der Waals surface area contributed by atoms with Gasteiger partial charge in [-0.2, -0.15) is 11.8 Å². The first-order valence-electron chi connectivity index (χ1n) is 5.51. The maximum Gasteiger partial charge on any atom is 0.0307 e. The van der Waals surface area contributed by atoms with Gasteiger partial charge in [-0.05, 0) is 55.8 Å². The fourth-order valence-electron chi connectivity index (χ4n) is 4.54. The molecule has 1 spiro atoms. The van der Waals surface area contributed by atoms with E-state index in [1.807, 2.05) is 0 Å². The van der Waals surface area contributed by atoms with E-state index in [1.54, 1.807) is 32.1 Å². The van der Waals surface area contributed by atoms with Gasteiger partial charge in [-0.15, -0.1) is 0 Å². The highest BCUT2D eigenvalue weighted by Crippen LogP contribution is 2.70. The van der Waals surface area contributed by atoms with E-state index in [4.69, 9.17) is 0 Å². The number of hydrogen-bond donors (Lipinski definition) is 0. The van der Waals surface area contributed by atoms with E-state index in [9.17, 15) is 0 Å². The first-order valence-corrected chi connectivity index (χ1v) is 6.49. The molecule has 0 amide bonds. The van der Waals surface area contributed by atoms with Crippen LogP contribution in [0.25, 0.3) is 0 Å². The van der Waals surface area contributed by atoms with Crippen molar-refractivity contribution in [2.45, 2.75) is 36.9 Å². The predicted octanol–water partition coefficient (Wildman–Crippen LogP) is 2.93. The Balaban J connectivity index is 1.78. The Morgan fingerprint density at radius 1 is 0.833 bits per heavy atom. The average molecular weight is 180 g/mol. The third kappa shape index (κ3) is 0.649. The van der Waals surface area contributed by atoms with Crippen LogP contribution in [0.1, 0.15) is 32.1 Å². The van der Waals surface area contributed by atoms with Gasteiger partial charge in [0, 0.05) is 10.5 Å². The molecule has 1 heteroatoms. The zero-order chi connectivity index (χ0) is 7.76. The molecular formula is C11H16S. The molecule has 0 aromatic carbocycles. The molecule has 1 aliphatic heterocycles. The van der Waals surface area contributed by atoms with Crippen molar-refractivity contribution in [3.8, 4) is 0 Å². The molecule has 0 radical (unpaired) electrons. The second-order valence-electron chi connectivity index (χ2n) is 5.55. The van der Waals surface area contributed by atoms with Crippen LogP contribution >= 0.6 is 11.8 Å². The topological polar surface area (TPSA) is 0 Å². The van der Waals surface area contributed by atoms with Gasteiger partial charge in [-0.25, -0.2) is 0 Å². The second kappa shape index (κ2) is 1.89. The van der Waals surface area contributed by atoms with Gasteiger partial charge in [-0.3, -0.25) is 0 Å². The molecule has 5 rings (SSSR count). The largest absolute Gasteiger partial charge is 0.152 e.